The highest BCUT2D eigenvalue weighted by Crippen LogP contribution is 2.25. The second-order valence-electron chi connectivity index (χ2n) is 3.76. The fraction of sp³-hybridized carbons (Fsp3) is 0.182. The highest BCUT2D eigenvalue weighted by atomic mass is 32.2. The van der Waals surface area contributed by atoms with Crippen LogP contribution in [-0.2, 0) is 16.6 Å². The number of carbonyl (C=O) groups is 1. The first-order valence-electron chi connectivity index (χ1n) is 5.23. The summed E-state index contributed by atoms with van der Waals surface area (Å²) < 4.78 is 30.6. The van der Waals surface area contributed by atoms with E-state index in [4.69, 9.17) is 9.52 Å². The number of rotatable bonds is 5. The van der Waals surface area contributed by atoms with Crippen LogP contribution in [0.4, 0.5) is 0 Å². The van der Waals surface area contributed by atoms with E-state index < -0.39 is 16.0 Å². The van der Waals surface area contributed by atoms with E-state index in [1.165, 1.54) is 25.4 Å². The standard InChI is InChI=1S/C11H11NO5S2/c1-12(7-8-3-2-6-17-8)19(15,16)10-5-4-9(18-10)11(13)14/h2-6H,7H2,1H3,(H,13,14). The van der Waals surface area contributed by atoms with Gasteiger partial charge in [-0.25, -0.2) is 13.2 Å². The quantitative estimate of drug-likeness (QED) is 0.910. The Bertz CT molecular complexity index is 672. The predicted molar refractivity (Wildman–Crippen MR) is 68.6 cm³/mol. The van der Waals surface area contributed by atoms with Gasteiger partial charge in [-0.1, -0.05) is 0 Å². The van der Waals surface area contributed by atoms with E-state index in [1.54, 1.807) is 12.1 Å². The zero-order valence-corrected chi connectivity index (χ0v) is 11.6. The van der Waals surface area contributed by atoms with Crippen LogP contribution in [-0.4, -0.2) is 30.8 Å². The molecule has 2 rings (SSSR count). The Morgan fingerprint density at radius 1 is 1.42 bits per heavy atom. The van der Waals surface area contributed by atoms with E-state index in [0.29, 0.717) is 5.76 Å². The molecule has 6 nitrogen and oxygen atoms in total. The Balaban J connectivity index is 2.23. The molecular formula is C11H11NO5S2. The maximum Gasteiger partial charge on any atom is 0.345 e. The van der Waals surface area contributed by atoms with Crippen LogP contribution in [0.15, 0.2) is 39.2 Å². The molecule has 0 radical (unpaired) electrons. The number of sulfonamides is 1. The molecule has 102 valence electrons. The lowest BCUT2D eigenvalue weighted by Crippen LogP contribution is -2.25. The molecule has 0 unspecified atom stereocenters. The van der Waals surface area contributed by atoms with E-state index >= 15 is 0 Å². The molecule has 0 fully saturated rings. The number of thiophene rings is 1. The number of carboxylic acid groups (broad SMARTS) is 1. The van der Waals surface area contributed by atoms with Gasteiger partial charge in [0.25, 0.3) is 10.0 Å². The molecular weight excluding hydrogens is 290 g/mol. The summed E-state index contributed by atoms with van der Waals surface area (Å²) in [7, 11) is -2.28. The Kier molecular flexibility index (Phi) is 3.74. The normalized spacial score (nSPS) is 11.9. The molecule has 0 spiro atoms. The Labute approximate surface area is 113 Å². The van der Waals surface area contributed by atoms with Crippen LogP contribution < -0.4 is 0 Å². The number of hydrogen-bond donors (Lipinski definition) is 1. The van der Waals surface area contributed by atoms with E-state index in [0.717, 1.165) is 15.6 Å². The van der Waals surface area contributed by atoms with Crippen molar-refractivity contribution in [3.63, 3.8) is 0 Å². The summed E-state index contributed by atoms with van der Waals surface area (Å²) in [6, 6.07) is 5.91. The summed E-state index contributed by atoms with van der Waals surface area (Å²) in [5.41, 5.74) is 0. The van der Waals surface area contributed by atoms with Gasteiger partial charge >= 0.3 is 5.97 Å². The molecule has 0 aliphatic rings. The Morgan fingerprint density at radius 2 is 2.16 bits per heavy atom. The lowest BCUT2D eigenvalue weighted by molar-refractivity contribution is 0.0702. The van der Waals surface area contributed by atoms with Crippen molar-refractivity contribution in [3.8, 4) is 0 Å². The molecule has 0 aliphatic carbocycles. The van der Waals surface area contributed by atoms with Gasteiger partial charge in [-0.05, 0) is 24.3 Å². The molecule has 0 aromatic carbocycles. The summed E-state index contributed by atoms with van der Waals surface area (Å²) in [4.78, 5) is 10.7. The molecule has 1 N–H and O–H groups in total. The van der Waals surface area contributed by atoms with Crippen molar-refractivity contribution in [1.82, 2.24) is 4.31 Å². The largest absolute Gasteiger partial charge is 0.477 e. The van der Waals surface area contributed by atoms with Gasteiger partial charge in [0.2, 0.25) is 0 Å². The van der Waals surface area contributed by atoms with Gasteiger partial charge in [0.05, 0.1) is 12.8 Å². The second-order valence-corrected chi connectivity index (χ2v) is 7.12. The van der Waals surface area contributed by atoms with Crippen LogP contribution in [0.25, 0.3) is 0 Å². The maximum absolute atomic E-state index is 12.2. The molecule has 0 bridgehead atoms. The van der Waals surface area contributed by atoms with Crippen LogP contribution >= 0.6 is 11.3 Å². The molecule has 2 aromatic heterocycles. The smallest absolute Gasteiger partial charge is 0.345 e. The maximum atomic E-state index is 12.2. The summed E-state index contributed by atoms with van der Waals surface area (Å²) in [6.07, 6.45) is 1.46. The monoisotopic (exact) mass is 301 g/mol. The van der Waals surface area contributed by atoms with Crippen LogP contribution in [0.3, 0.4) is 0 Å². The molecule has 2 heterocycles. The lowest BCUT2D eigenvalue weighted by atomic mass is 10.4. The highest BCUT2D eigenvalue weighted by Gasteiger charge is 2.24. The number of carboxylic acids is 1. The van der Waals surface area contributed by atoms with Gasteiger partial charge < -0.3 is 9.52 Å². The zero-order chi connectivity index (χ0) is 14.0. The first kappa shape index (κ1) is 13.8. The average Bonchev–Trinajstić information content (AvgIpc) is 2.99. The molecule has 2 aromatic rings. The van der Waals surface area contributed by atoms with Crippen molar-refractivity contribution in [2.24, 2.45) is 0 Å². The van der Waals surface area contributed by atoms with Gasteiger partial charge in [-0.3, -0.25) is 0 Å². The summed E-state index contributed by atoms with van der Waals surface area (Å²) >= 11 is 0.729. The number of nitrogens with zero attached hydrogens (tertiary/aromatic N) is 1. The number of furan rings is 1. The van der Waals surface area contributed by atoms with Crippen LogP contribution in [0, 0.1) is 0 Å². The molecule has 0 atom stereocenters. The minimum absolute atomic E-state index is 0.000967. The second kappa shape index (κ2) is 5.16. The van der Waals surface area contributed by atoms with Crippen molar-refractivity contribution in [2.45, 2.75) is 10.8 Å². The van der Waals surface area contributed by atoms with E-state index in [1.807, 2.05) is 0 Å². The first-order chi connectivity index (χ1) is 8.91. The van der Waals surface area contributed by atoms with Gasteiger partial charge in [0, 0.05) is 7.05 Å². The van der Waals surface area contributed by atoms with Crippen molar-refractivity contribution >= 4 is 27.3 Å². The van der Waals surface area contributed by atoms with E-state index in [9.17, 15) is 13.2 Å². The Morgan fingerprint density at radius 3 is 2.68 bits per heavy atom. The minimum atomic E-state index is -3.70. The number of aromatic carboxylic acids is 1. The summed E-state index contributed by atoms with van der Waals surface area (Å²) in [5, 5.41) is 8.80. The van der Waals surface area contributed by atoms with Crippen LogP contribution in [0.5, 0.6) is 0 Å². The zero-order valence-electron chi connectivity index (χ0n) is 9.94. The van der Waals surface area contributed by atoms with Gasteiger partial charge in [0.15, 0.2) is 0 Å². The summed E-state index contributed by atoms with van der Waals surface area (Å²) in [6.45, 7) is 0.0929. The fourth-order valence-corrected chi connectivity index (χ4v) is 3.93. The van der Waals surface area contributed by atoms with E-state index in [-0.39, 0.29) is 15.6 Å². The van der Waals surface area contributed by atoms with Gasteiger partial charge in [0.1, 0.15) is 14.8 Å². The molecule has 8 heteroatoms. The van der Waals surface area contributed by atoms with Gasteiger partial charge in [-0.15, -0.1) is 11.3 Å². The van der Waals surface area contributed by atoms with Crippen molar-refractivity contribution in [3.05, 3.63) is 41.2 Å². The third-order valence-electron chi connectivity index (χ3n) is 2.42. The van der Waals surface area contributed by atoms with Crippen molar-refractivity contribution in [2.75, 3.05) is 7.05 Å². The molecule has 19 heavy (non-hydrogen) atoms. The van der Waals surface area contributed by atoms with Crippen molar-refractivity contribution < 1.29 is 22.7 Å². The number of hydrogen-bond acceptors (Lipinski definition) is 5. The van der Waals surface area contributed by atoms with Crippen molar-refractivity contribution in [1.29, 1.82) is 0 Å². The highest BCUT2D eigenvalue weighted by molar-refractivity contribution is 7.91. The Hall–Kier alpha value is -1.64. The minimum Gasteiger partial charge on any atom is -0.477 e. The average molecular weight is 301 g/mol. The molecule has 0 amide bonds. The SMILES string of the molecule is CN(Cc1ccco1)S(=O)(=O)c1ccc(C(=O)O)s1. The van der Waals surface area contributed by atoms with Crippen LogP contribution in [0.2, 0.25) is 0 Å². The van der Waals surface area contributed by atoms with E-state index in [2.05, 4.69) is 0 Å². The fourth-order valence-electron chi connectivity index (χ4n) is 1.43. The molecule has 0 aliphatic heterocycles. The van der Waals surface area contributed by atoms with Gasteiger partial charge in [-0.2, -0.15) is 4.31 Å². The lowest BCUT2D eigenvalue weighted by Gasteiger charge is -2.14. The first-order valence-corrected chi connectivity index (χ1v) is 7.49. The third kappa shape index (κ3) is 2.86. The molecule has 0 saturated carbocycles. The van der Waals surface area contributed by atoms with Crippen LogP contribution in [0.1, 0.15) is 15.4 Å². The third-order valence-corrected chi connectivity index (χ3v) is 5.76. The topological polar surface area (TPSA) is 87.8 Å². The molecule has 0 saturated heterocycles. The predicted octanol–water partition coefficient (Wildman–Crippen LogP) is 1.86. The summed E-state index contributed by atoms with van der Waals surface area (Å²) in [5.74, 6) is -0.624.